The molecule has 1 aromatic heterocycles. The van der Waals surface area contributed by atoms with Gasteiger partial charge in [0, 0.05) is 12.6 Å². The molecular formula is C10H14N2O2. The van der Waals surface area contributed by atoms with Crippen molar-refractivity contribution < 1.29 is 9.47 Å². The van der Waals surface area contributed by atoms with Gasteiger partial charge in [-0.3, -0.25) is 4.98 Å². The summed E-state index contributed by atoms with van der Waals surface area (Å²) in [4.78, 5) is 4.25. The number of hydrogen-bond donors (Lipinski definition) is 1. The molecule has 4 heteroatoms. The molecule has 1 fully saturated rings. The molecule has 1 saturated heterocycles. The lowest BCUT2D eigenvalue weighted by Gasteiger charge is -2.25. The Morgan fingerprint density at radius 2 is 2.14 bits per heavy atom. The first kappa shape index (κ1) is 9.58. The van der Waals surface area contributed by atoms with Crippen LogP contribution in [0.25, 0.3) is 0 Å². The van der Waals surface area contributed by atoms with E-state index in [1.54, 1.807) is 6.20 Å². The third-order valence-corrected chi connectivity index (χ3v) is 2.28. The Morgan fingerprint density at radius 3 is 2.71 bits per heavy atom. The zero-order valence-electron chi connectivity index (χ0n) is 7.98. The SMILES string of the molecule is NCCC1(c2ccccn2)OCCO1. The Balaban J connectivity index is 2.27. The molecule has 0 radical (unpaired) electrons. The minimum Gasteiger partial charge on any atom is -0.342 e. The zero-order chi connectivity index (χ0) is 9.86. The molecule has 1 aromatic rings. The molecule has 1 aliphatic rings. The number of aromatic nitrogens is 1. The molecule has 2 rings (SSSR count). The maximum Gasteiger partial charge on any atom is 0.213 e. The van der Waals surface area contributed by atoms with E-state index >= 15 is 0 Å². The fraction of sp³-hybridized carbons (Fsp3) is 0.500. The monoisotopic (exact) mass is 194 g/mol. The van der Waals surface area contributed by atoms with Crippen molar-refractivity contribution in [2.75, 3.05) is 19.8 Å². The zero-order valence-corrected chi connectivity index (χ0v) is 7.98. The summed E-state index contributed by atoms with van der Waals surface area (Å²) in [5.41, 5.74) is 6.35. The van der Waals surface area contributed by atoms with Gasteiger partial charge in [0.15, 0.2) is 0 Å². The molecule has 14 heavy (non-hydrogen) atoms. The van der Waals surface area contributed by atoms with Crippen LogP contribution in [0.4, 0.5) is 0 Å². The molecule has 2 heterocycles. The number of pyridine rings is 1. The van der Waals surface area contributed by atoms with E-state index in [-0.39, 0.29) is 0 Å². The first-order chi connectivity index (χ1) is 6.87. The fourth-order valence-electron chi connectivity index (χ4n) is 1.65. The molecule has 0 spiro atoms. The molecule has 0 aromatic carbocycles. The summed E-state index contributed by atoms with van der Waals surface area (Å²) >= 11 is 0. The van der Waals surface area contributed by atoms with E-state index in [4.69, 9.17) is 15.2 Å². The number of hydrogen-bond acceptors (Lipinski definition) is 4. The normalized spacial score (nSPS) is 19.8. The third kappa shape index (κ3) is 1.64. The molecule has 0 unspecified atom stereocenters. The molecule has 0 bridgehead atoms. The van der Waals surface area contributed by atoms with Crippen LogP contribution in [0.3, 0.4) is 0 Å². The Bertz CT molecular complexity index is 283. The van der Waals surface area contributed by atoms with Gasteiger partial charge in [-0.25, -0.2) is 0 Å². The minimum atomic E-state index is -0.698. The number of nitrogens with two attached hydrogens (primary N) is 1. The Hall–Kier alpha value is -0.970. The van der Waals surface area contributed by atoms with Crippen molar-refractivity contribution in [2.24, 2.45) is 5.73 Å². The van der Waals surface area contributed by atoms with Crippen molar-refractivity contribution in [3.05, 3.63) is 30.1 Å². The Morgan fingerprint density at radius 1 is 1.36 bits per heavy atom. The van der Waals surface area contributed by atoms with Crippen molar-refractivity contribution >= 4 is 0 Å². The summed E-state index contributed by atoms with van der Waals surface area (Å²) in [5.74, 6) is -0.698. The van der Waals surface area contributed by atoms with Gasteiger partial charge in [-0.15, -0.1) is 0 Å². The van der Waals surface area contributed by atoms with Crippen LogP contribution in [0.15, 0.2) is 24.4 Å². The van der Waals surface area contributed by atoms with Crippen LogP contribution in [-0.2, 0) is 15.3 Å². The van der Waals surface area contributed by atoms with Crippen LogP contribution in [-0.4, -0.2) is 24.7 Å². The molecule has 76 valence electrons. The summed E-state index contributed by atoms with van der Waals surface area (Å²) in [5, 5.41) is 0. The largest absolute Gasteiger partial charge is 0.342 e. The van der Waals surface area contributed by atoms with Gasteiger partial charge in [0.1, 0.15) is 0 Å². The third-order valence-electron chi connectivity index (χ3n) is 2.28. The van der Waals surface area contributed by atoms with Crippen molar-refractivity contribution in [1.82, 2.24) is 4.98 Å². The van der Waals surface area contributed by atoms with Crippen LogP contribution in [0.1, 0.15) is 12.1 Å². The molecule has 0 amide bonds. The highest BCUT2D eigenvalue weighted by atomic mass is 16.7. The lowest BCUT2D eigenvalue weighted by molar-refractivity contribution is -0.171. The predicted octanol–water partition coefficient (Wildman–Crippen LogP) is 0.630. The summed E-state index contributed by atoms with van der Waals surface area (Å²) in [7, 11) is 0. The van der Waals surface area contributed by atoms with Gasteiger partial charge < -0.3 is 15.2 Å². The Kier molecular flexibility index (Phi) is 2.77. The van der Waals surface area contributed by atoms with Gasteiger partial charge in [-0.05, 0) is 18.7 Å². The van der Waals surface area contributed by atoms with Gasteiger partial charge >= 0.3 is 0 Å². The quantitative estimate of drug-likeness (QED) is 0.766. The second-order valence-electron chi connectivity index (χ2n) is 3.20. The first-order valence-electron chi connectivity index (χ1n) is 4.77. The maximum atomic E-state index is 5.60. The van der Waals surface area contributed by atoms with E-state index < -0.39 is 5.79 Å². The van der Waals surface area contributed by atoms with Crippen molar-refractivity contribution in [3.63, 3.8) is 0 Å². The van der Waals surface area contributed by atoms with Crippen LogP contribution in [0.2, 0.25) is 0 Å². The van der Waals surface area contributed by atoms with E-state index in [9.17, 15) is 0 Å². The molecule has 1 aliphatic heterocycles. The average Bonchev–Trinajstić information content (AvgIpc) is 2.70. The van der Waals surface area contributed by atoms with Gasteiger partial charge in [-0.1, -0.05) is 6.07 Å². The minimum absolute atomic E-state index is 0.524. The smallest absolute Gasteiger partial charge is 0.213 e. The van der Waals surface area contributed by atoms with Crippen LogP contribution < -0.4 is 5.73 Å². The lowest BCUT2D eigenvalue weighted by Crippen LogP contribution is -2.31. The number of rotatable bonds is 3. The molecule has 0 saturated carbocycles. The second-order valence-corrected chi connectivity index (χ2v) is 3.20. The van der Waals surface area contributed by atoms with E-state index in [0.29, 0.717) is 26.2 Å². The van der Waals surface area contributed by atoms with Gasteiger partial charge in [0.05, 0.1) is 18.9 Å². The Labute approximate surface area is 83.0 Å². The van der Waals surface area contributed by atoms with Gasteiger partial charge in [0.25, 0.3) is 0 Å². The van der Waals surface area contributed by atoms with Crippen LogP contribution in [0, 0.1) is 0 Å². The second kappa shape index (κ2) is 4.04. The van der Waals surface area contributed by atoms with Crippen molar-refractivity contribution in [3.8, 4) is 0 Å². The number of ether oxygens (including phenoxy) is 2. The maximum absolute atomic E-state index is 5.60. The van der Waals surface area contributed by atoms with E-state index in [1.807, 2.05) is 18.2 Å². The summed E-state index contributed by atoms with van der Waals surface area (Å²) in [6.45, 7) is 1.74. The van der Waals surface area contributed by atoms with E-state index in [0.717, 1.165) is 5.69 Å². The highest BCUT2D eigenvalue weighted by Crippen LogP contribution is 2.32. The summed E-state index contributed by atoms with van der Waals surface area (Å²) in [6.07, 6.45) is 2.38. The lowest BCUT2D eigenvalue weighted by atomic mass is 10.1. The molecule has 4 nitrogen and oxygen atoms in total. The molecule has 2 N–H and O–H groups in total. The standard InChI is InChI=1S/C10H14N2O2/c11-5-4-10(13-7-8-14-10)9-3-1-2-6-12-9/h1-3,6H,4-5,7-8,11H2. The van der Waals surface area contributed by atoms with Gasteiger partial charge in [-0.2, -0.15) is 0 Å². The van der Waals surface area contributed by atoms with Crippen molar-refractivity contribution in [2.45, 2.75) is 12.2 Å². The predicted molar refractivity (Wildman–Crippen MR) is 51.5 cm³/mol. The van der Waals surface area contributed by atoms with E-state index in [2.05, 4.69) is 4.98 Å². The highest BCUT2D eigenvalue weighted by Gasteiger charge is 2.38. The highest BCUT2D eigenvalue weighted by molar-refractivity contribution is 5.11. The average molecular weight is 194 g/mol. The van der Waals surface area contributed by atoms with Crippen LogP contribution >= 0.6 is 0 Å². The summed E-state index contributed by atoms with van der Waals surface area (Å²) < 4.78 is 11.2. The van der Waals surface area contributed by atoms with Crippen molar-refractivity contribution in [1.29, 1.82) is 0 Å². The van der Waals surface area contributed by atoms with E-state index in [1.165, 1.54) is 0 Å². The molecular weight excluding hydrogens is 180 g/mol. The van der Waals surface area contributed by atoms with Crippen LogP contribution in [0.5, 0.6) is 0 Å². The number of nitrogens with zero attached hydrogens (tertiary/aromatic N) is 1. The molecule has 0 atom stereocenters. The summed E-state index contributed by atoms with van der Waals surface area (Å²) in [6, 6.07) is 5.70. The molecule has 0 aliphatic carbocycles. The van der Waals surface area contributed by atoms with Gasteiger partial charge in [0.2, 0.25) is 5.79 Å². The topological polar surface area (TPSA) is 57.4 Å². The first-order valence-corrected chi connectivity index (χ1v) is 4.77. The fourth-order valence-corrected chi connectivity index (χ4v) is 1.65.